The summed E-state index contributed by atoms with van der Waals surface area (Å²) in [6.07, 6.45) is 0.542. The van der Waals surface area contributed by atoms with Gasteiger partial charge in [-0.05, 0) is 68.7 Å². The summed E-state index contributed by atoms with van der Waals surface area (Å²) in [6, 6.07) is 12.6. The van der Waals surface area contributed by atoms with Crippen molar-refractivity contribution in [1.82, 2.24) is 0 Å². The first kappa shape index (κ1) is 17.6. The number of nitrogen functional groups attached to an aromatic ring is 1. The van der Waals surface area contributed by atoms with E-state index in [0.717, 1.165) is 25.3 Å². The van der Waals surface area contributed by atoms with Crippen LogP contribution in [-0.2, 0) is 11.3 Å². The second-order valence-corrected chi connectivity index (χ2v) is 7.21. The Hall–Kier alpha value is -2.20. The van der Waals surface area contributed by atoms with Crippen LogP contribution in [0.2, 0.25) is 0 Å². The van der Waals surface area contributed by atoms with Crippen LogP contribution in [0.15, 0.2) is 36.4 Å². The number of nitrogens with zero attached hydrogens (tertiary/aromatic N) is 1. The van der Waals surface area contributed by atoms with Gasteiger partial charge in [0.25, 0.3) is 0 Å². The third-order valence-corrected chi connectivity index (χ3v) is 4.75. The summed E-state index contributed by atoms with van der Waals surface area (Å²) < 4.78 is 5.86. The second-order valence-electron chi connectivity index (χ2n) is 7.21. The standard InChI is InChI=1S/C21H29N3O/c1-14-9-20(24-12-16(3)25-17(4)13-24)10-15(2)21(14)23-11-18-5-7-19(22)8-6-18/h5-10,16-17,23H,11-13,22H2,1-4H3. The Bertz CT molecular complexity index is 693. The van der Waals surface area contributed by atoms with Crippen LogP contribution in [0.25, 0.3) is 0 Å². The highest BCUT2D eigenvalue weighted by Crippen LogP contribution is 2.29. The molecule has 0 saturated carbocycles. The van der Waals surface area contributed by atoms with E-state index in [1.54, 1.807) is 0 Å². The summed E-state index contributed by atoms with van der Waals surface area (Å²) in [7, 11) is 0. The summed E-state index contributed by atoms with van der Waals surface area (Å²) in [6.45, 7) is 11.3. The van der Waals surface area contributed by atoms with Crippen LogP contribution in [0, 0.1) is 13.8 Å². The van der Waals surface area contributed by atoms with Gasteiger partial charge in [-0.15, -0.1) is 0 Å². The number of benzene rings is 2. The van der Waals surface area contributed by atoms with E-state index in [9.17, 15) is 0 Å². The Morgan fingerprint density at radius 1 is 1.04 bits per heavy atom. The minimum absolute atomic E-state index is 0.271. The molecule has 2 aromatic carbocycles. The van der Waals surface area contributed by atoms with Crippen molar-refractivity contribution in [1.29, 1.82) is 0 Å². The number of morpholine rings is 1. The average Bonchev–Trinajstić information content (AvgIpc) is 2.54. The van der Waals surface area contributed by atoms with Crippen LogP contribution >= 0.6 is 0 Å². The van der Waals surface area contributed by atoms with Gasteiger partial charge in [-0.2, -0.15) is 0 Å². The molecule has 4 nitrogen and oxygen atoms in total. The minimum atomic E-state index is 0.271. The predicted molar refractivity (Wildman–Crippen MR) is 106 cm³/mol. The van der Waals surface area contributed by atoms with Gasteiger partial charge in [0.1, 0.15) is 0 Å². The third-order valence-electron chi connectivity index (χ3n) is 4.75. The van der Waals surface area contributed by atoms with Crippen molar-refractivity contribution in [3.8, 4) is 0 Å². The maximum absolute atomic E-state index is 5.86. The van der Waals surface area contributed by atoms with E-state index >= 15 is 0 Å². The molecular weight excluding hydrogens is 310 g/mol. The molecule has 0 aliphatic carbocycles. The van der Waals surface area contributed by atoms with Gasteiger partial charge < -0.3 is 20.7 Å². The zero-order chi connectivity index (χ0) is 18.0. The first-order valence-electron chi connectivity index (χ1n) is 9.02. The molecule has 4 heteroatoms. The Morgan fingerprint density at radius 2 is 1.60 bits per heavy atom. The van der Waals surface area contributed by atoms with E-state index in [4.69, 9.17) is 10.5 Å². The zero-order valence-electron chi connectivity index (χ0n) is 15.7. The molecule has 0 radical (unpaired) electrons. The summed E-state index contributed by atoms with van der Waals surface area (Å²) >= 11 is 0. The summed E-state index contributed by atoms with van der Waals surface area (Å²) in [5, 5.41) is 3.58. The molecule has 25 heavy (non-hydrogen) atoms. The highest BCUT2D eigenvalue weighted by Gasteiger charge is 2.23. The monoisotopic (exact) mass is 339 g/mol. The summed E-state index contributed by atoms with van der Waals surface area (Å²) in [4.78, 5) is 2.43. The Morgan fingerprint density at radius 3 is 2.16 bits per heavy atom. The lowest BCUT2D eigenvalue weighted by molar-refractivity contribution is -0.00522. The fourth-order valence-corrected chi connectivity index (χ4v) is 3.62. The Balaban J connectivity index is 1.74. The van der Waals surface area contributed by atoms with Crippen molar-refractivity contribution < 1.29 is 4.74 Å². The molecule has 0 aromatic heterocycles. The second kappa shape index (κ2) is 7.36. The quantitative estimate of drug-likeness (QED) is 0.823. The topological polar surface area (TPSA) is 50.5 Å². The highest BCUT2D eigenvalue weighted by molar-refractivity contribution is 5.65. The molecule has 2 aromatic rings. The number of hydrogen-bond donors (Lipinski definition) is 2. The van der Waals surface area contributed by atoms with E-state index in [1.165, 1.54) is 28.1 Å². The molecule has 1 aliphatic heterocycles. The van der Waals surface area contributed by atoms with Gasteiger partial charge in [0.15, 0.2) is 0 Å². The van der Waals surface area contributed by atoms with E-state index in [0.29, 0.717) is 0 Å². The van der Waals surface area contributed by atoms with Crippen molar-refractivity contribution in [2.45, 2.75) is 46.4 Å². The van der Waals surface area contributed by atoms with Gasteiger partial charge in [-0.25, -0.2) is 0 Å². The molecule has 2 atom stereocenters. The van der Waals surface area contributed by atoms with Crippen molar-refractivity contribution in [2.24, 2.45) is 0 Å². The molecule has 1 fully saturated rings. The molecule has 1 saturated heterocycles. The van der Waals surface area contributed by atoms with E-state index in [-0.39, 0.29) is 12.2 Å². The number of ether oxygens (including phenoxy) is 1. The fraction of sp³-hybridized carbons (Fsp3) is 0.429. The number of rotatable bonds is 4. The first-order valence-corrected chi connectivity index (χ1v) is 9.02. The highest BCUT2D eigenvalue weighted by atomic mass is 16.5. The molecule has 134 valence electrons. The van der Waals surface area contributed by atoms with Gasteiger partial charge in [0, 0.05) is 36.7 Å². The lowest BCUT2D eigenvalue weighted by atomic mass is 10.1. The molecule has 1 aliphatic rings. The number of hydrogen-bond acceptors (Lipinski definition) is 4. The molecule has 0 bridgehead atoms. The maximum Gasteiger partial charge on any atom is 0.0726 e. The third kappa shape index (κ3) is 4.26. The lowest BCUT2D eigenvalue weighted by Crippen LogP contribution is -2.45. The SMILES string of the molecule is Cc1cc(N2CC(C)OC(C)C2)cc(C)c1NCc1ccc(N)cc1. The Labute approximate surface area is 151 Å². The largest absolute Gasteiger partial charge is 0.399 e. The van der Waals surface area contributed by atoms with Crippen LogP contribution < -0.4 is 16.0 Å². The molecular formula is C21H29N3O. The molecule has 0 spiro atoms. The normalized spacial score (nSPS) is 20.6. The lowest BCUT2D eigenvalue weighted by Gasteiger charge is -2.37. The summed E-state index contributed by atoms with van der Waals surface area (Å²) in [5.41, 5.74) is 12.8. The number of nitrogens with one attached hydrogen (secondary N) is 1. The molecule has 3 rings (SSSR count). The smallest absolute Gasteiger partial charge is 0.0726 e. The van der Waals surface area contributed by atoms with Gasteiger partial charge in [-0.1, -0.05) is 12.1 Å². The van der Waals surface area contributed by atoms with Crippen LogP contribution in [0.5, 0.6) is 0 Å². The van der Waals surface area contributed by atoms with Crippen LogP contribution in [-0.4, -0.2) is 25.3 Å². The molecule has 1 heterocycles. The van der Waals surface area contributed by atoms with E-state index < -0.39 is 0 Å². The van der Waals surface area contributed by atoms with Crippen molar-refractivity contribution in [2.75, 3.05) is 29.0 Å². The fourth-order valence-electron chi connectivity index (χ4n) is 3.62. The van der Waals surface area contributed by atoms with Gasteiger partial charge >= 0.3 is 0 Å². The van der Waals surface area contributed by atoms with Crippen LogP contribution in [0.4, 0.5) is 17.1 Å². The number of nitrogens with two attached hydrogens (primary N) is 1. The van der Waals surface area contributed by atoms with E-state index in [2.05, 4.69) is 62.2 Å². The van der Waals surface area contributed by atoms with E-state index in [1.807, 2.05) is 12.1 Å². The molecule has 2 unspecified atom stereocenters. The average molecular weight is 339 g/mol. The molecule has 3 N–H and O–H groups in total. The zero-order valence-corrected chi connectivity index (χ0v) is 15.7. The number of anilines is 3. The number of aryl methyl sites for hydroxylation is 2. The Kier molecular flexibility index (Phi) is 5.19. The maximum atomic E-state index is 5.86. The minimum Gasteiger partial charge on any atom is -0.399 e. The predicted octanol–water partition coefficient (Wildman–Crippen LogP) is 4.11. The molecule has 0 amide bonds. The van der Waals surface area contributed by atoms with Gasteiger partial charge in [0.05, 0.1) is 12.2 Å². The van der Waals surface area contributed by atoms with Crippen molar-refractivity contribution >= 4 is 17.1 Å². The van der Waals surface area contributed by atoms with Crippen LogP contribution in [0.1, 0.15) is 30.5 Å². The van der Waals surface area contributed by atoms with Gasteiger partial charge in [0.2, 0.25) is 0 Å². The van der Waals surface area contributed by atoms with Crippen molar-refractivity contribution in [3.63, 3.8) is 0 Å². The van der Waals surface area contributed by atoms with Gasteiger partial charge in [-0.3, -0.25) is 0 Å². The first-order chi connectivity index (χ1) is 11.9. The summed E-state index contributed by atoms with van der Waals surface area (Å²) in [5.74, 6) is 0. The van der Waals surface area contributed by atoms with Crippen molar-refractivity contribution in [3.05, 3.63) is 53.1 Å². The van der Waals surface area contributed by atoms with Crippen LogP contribution in [0.3, 0.4) is 0 Å².